The smallest absolute Gasteiger partial charge is 0.314 e. The van der Waals surface area contributed by atoms with E-state index in [0.717, 1.165) is 5.06 Å². The van der Waals surface area contributed by atoms with Gasteiger partial charge in [-0.2, -0.15) is 5.06 Å². The minimum Gasteiger partial charge on any atom is -0.460 e. The van der Waals surface area contributed by atoms with E-state index in [2.05, 4.69) is 0 Å². The first-order chi connectivity index (χ1) is 16.6. The predicted octanol–water partition coefficient (Wildman–Crippen LogP) is 3.42. The molecular formula is C23H22ClN3O7S. The maximum absolute atomic E-state index is 13.0. The highest BCUT2D eigenvalue weighted by molar-refractivity contribution is 8.00. The molecule has 2 aromatic carbocycles. The number of carbonyl (C=O) groups excluding carboxylic acids is 3. The summed E-state index contributed by atoms with van der Waals surface area (Å²) in [5, 5.41) is 12.0. The second kappa shape index (κ2) is 9.74. The average molecular weight is 520 g/mol. The zero-order chi connectivity index (χ0) is 25.3. The largest absolute Gasteiger partial charge is 0.460 e. The third-order valence-corrected chi connectivity index (χ3v) is 7.71. The predicted molar refractivity (Wildman–Crippen MR) is 127 cm³/mol. The Balaban J connectivity index is 1.37. The summed E-state index contributed by atoms with van der Waals surface area (Å²) in [4.78, 5) is 55.6. The van der Waals surface area contributed by atoms with Gasteiger partial charge in [-0.1, -0.05) is 11.6 Å². The van der Waals surface area contributed by atoms with E-state index in [4.69, 9.17) is 21.2 Å². The molecule has 12 heteroatoms. The first-order valence-electron chi connectivity index (χ1n) is 10.6. The van der Waals surface area contributed by atoms with Gasteiger partial charge in [0.15, 0.2) is 11.8 Å². The Hall–Kier alpha value is -3.31. The molecule has 2 heterocycles. The van der Waals surface area contributed by atoms with Gasteiger partial charge in [-0.3, -0.25) is 24.5 Å². The number of ether oxygens (including phenoxy) is 1. The highest BCUT2D eigenvalue weighted by Gasteiger charge is 2.59. The molecule has 2 aliphatic rings. The summed E-state index contributed by atoms with van der Waals surface area (Å²) in [5.74, 6) is -0.464. The van der Waals surface area contributed by atoms with Gasteiger partial charge in [-0.05, 0) is 48.9 Å². The van der Waals surface area contributed by atoms with Gasteiger partial charge in [-0.25, -0.2) is 0 Å². The Morgan fingerprint density at radius 3 is 2.49 bits per heavy atom. The number of halogens is 1. The van der Waals surface area contributed by atoms with E-state index < -0.39 is 28.3 Å². The van der Waals surface area contributed by atoms with Gasteiger partial charge >= 0.3 is 5.97 Å². The normalized spacial score (nSPS) is 23.1. The van der Waals surface area contributed by atoms with Gasteiger partial charge in [0.1, 0.15) is 12.0 Å². The lowest BCUT2D eigenvalue weighted by molar-refractivity contribution is -0.384. The molecule has 0 saturated carbocycles. The second-order valence-corrected chi connectivity index (χ2v) is 10.1. The van der Waals surface area contributed by atoms with Crippen molar-refractivity contribution in [3.8, 4) is 5.75 Å². The average Bonchev–Trinajstić information content (AvgIpc) is 2.84. The number of non-ortho nitro benzene ring substituents is 1. The fraction of sp³-hybridized carbons (Fsp3) is 0.348. The molecule has 4 rings (SSSR count). The first kappa shape index (κ1) is 24.8. The number of hydroxylamine groups is 2. The summed E-state index contributed by atoms with van der Waals surface area (Å²) in [7, 11) is 0. The number of fused-ring (bicyclic) bond motifs is 1. The van der Waals surface area contributed by atoms with Crippen molar-refractivity contribution >= 4 is 46.8 Å². The van der Waals surface area contributed by atoms with Crippen molar-refractivity contribution in [2.45, 2.75) is 31.9 Å². The van der Waals surface area contributed by atoms with E-state index in [1.807, 2.05) is 0 Å². The summed E-state index contributed by atoms with van der Waals surface area (Å²) < 4.78 is 5.45. The summed E-state index contributed by atoms with van der Waals surface area (Å²) in [6.07, 6.45) is 0. The number of rotatable bonds is 7. The number of β-lactam (4-membered cyclic amide) rings is 1. The lowest BCUT2D eigenvalue weighted by Gasteiger charge is -2.54. The molecule has 2 saturated heterocycles. The van der Waals surface area contributed by atoms with Crippen molar-refractivity contribution in [1.29, 1.82) is 0 Å². The number of amides is 2. The number of nitro groups is 1. The fourth-order valence-electron chi connectivity index (χ4n) is 3.85. The molecule has 3 atom stereocenters. The Morgan fingerprint density at radius 2 is 1.89 bits per heavy atom. The van der Waals surface area contributed by atoms with Gasteiger partial charge < -0.3 is 14.5 Å². The van der Waals surface area contributed by atoms with E-state index in [0.29, 0.717) is 22.1 Å². The Bertz CT molecular complexity index is 1160. The third-order valence-electron chi connectivity index (χ3n) is 5.80. The van der Waals surface area contributed by atoms with Gasteiger partial charge in [0.2, 0.25) is 0 Å². The molecular weight excluding hydrogens is 498 g/mol. The van der Waals surface area contributed by atoms with Crippen LogP contribution in [-0.2, 0) is 25.7 Å². The minimum atomic E-state index is -0.944. The van der Waals surface area contributed by atoms with Crippen LogP contribution in [0.4, 0.5) is 5.69 Å². The van der Waals surface area contributed by atoms with Gasteiger partial charge in [0, 0.05) is 36.4 Å². The van der Waals surface area contributed by atoms with Crippen molar-refractivity contribution in [2.75, 3.05) is 12.3 Å². The van der Waals surface area contributed by atoms with Crippen LogP contribution in [0, 0.1) is 15.5 Å². The number of carbonyl (C=O) groups is 3. The Morgan fingerprint density at radius 1 is 1.23 bits per heavy atom. The molecule has 0 radical (unpaired) electrons. The lowest BCUT2D eigenvalue weighted by Crippen LogP contribution is -2.74. The number of nitro benzene ring substituents is 1. The summed E-state index contributed by atoms with van der Waals surface area (Å²) >= 11 is 7.27. The molecule has 2 amide bonds. The third kappa shape index (κ3) is 5.06. The molecule has 2 aliphatic heterocycles. The second-order valence-electron chi connectivity index (χ2n) is 8.56. The molecule has 0 bridgehead atoms. The molecule has 2 fully saturated rings. The Kier molecular flexibility index (Phi) is 6.91. The maximum Gasteiger partial charge on any atom is 0.314 e. The molecule has 0 aliphatic carbocycles. The van der Waals surface area contributed by atoms with E-state index in [1.54, 1.807) is 36.1 Å². The van der Waals surface area contributed by atoms with Crippen LogP contribution in [-0.4, -0.2) is 56.4 Å². The van der Waals surface area contributed by atoms with Crippen molar-refractivity contribution in [3.63, 3.8) is 0 Å². The topological polar surface area (TPSA) is 119 Å². The van der Waals surface area contributed by atoms with Gasteiger partial charge in [0.25, 0.3) is 17.5 Å². The van der Waals surface area contributed by atoms with Crippen molar-refractivity contribution < 1.29 is 28.9 Å². The van der Waals surface area contributed by atoms with Crippen molar-refractivity contribution in [1.82, 2.24) is 9.96 Å². The highest BCUT2D eigenvalue weighted by atomic mass is 35.5. The van der Waals surface area contributed by atoms with Crippen LogP contribution in [0.1, 0.15) is 19.4 Å². The zero-order valence-electron chi connectivity index (χ0n) is 18.9. The van der Waals surface area contributed by atoms with Gasteiger partial charge in [0.05, 0.1) is 10.3 Å². The lowest BCUT2D eigenvalue weighted by atomic mass is 9.89. The molecule has 10 nitrogen and oxygen atoms in total. The van der Waals surface area contributed by atoms with E-state index in [-0.39, 0.29) is 30.1 Å². The first-order valence-corrected chi connectivity index (χ1v) is 12.1. The van der Waals surface area contributed by atoms with E-state index in [9.17, 15) is 24.5 Å². The number of hydrogen-bond donors (Lipinski definition) is 0. The van der Waals surface area contributed by atoms with Crippen LogP contribution < -0.4 is 4.84 Å². The highest BCUT2D eigenvalue weighted by Crippen LogP contribution is 2.44. The molecule has 0 aromatic heterocycles. The summed E-state index contributed by atoms with van der Waals surface area (Å²) in [6, 6.07) is 11.4. The molecule has 35 heavy (non-hydrogen) atoms. The molecule has 2 unspecified atom stereocenters. The van der Waals surface area contributed by atoms with E-state index >= 15 is 0 Å². The standard InChI is InChI=1S/C23H22ClN3O7S/c1-14(28)26(34-18-9-5-16(24)6-10-18)19-20(29)25-12-23(2,13-35-21(19)25)22(30)33-11-15-3-7-17(8-4-15)27(31)32/h3-10,19,21H,11-13H2,1-2H3/t19?,21-,23?/m1/s1. The Labute approximate surface area is 210 Å². The quantitative estimate of drug-likeness (QED) is 0.236. The van der Waals surface area contributed by atoms with Crippen molar-refractivity contribution in [2.24, 2.45) is 5.41 Å². The van der Waals surface area contributed by atoms with E-state index in [1.165, 1.54) is 43.0 Å². The zero-order valence-corrected chi connectivity index (χ0v) is 20.5. The number of thioether (sulfide) groups is 1. The SMILES string of the molecule is CC(=O)N(Oc1ccc(Cl)cc1)C1C(=O)N2CC(C)(C(=O)OCc3ccc([N+](=O)[O-])cc3)CS[C@H]12. The van der Waals surface area contributed by atoms with Crippen LogP contribution in [0.2, 0.25) is 5.02 Å². The number of benzene rings is 2. The minimum absolute atomic E-state index is 0.0376. The van der Waals surface area contributed by atoms with Crippen molar-refractivity contribution in [3.05, 3.63) is 69.2 Å². The number of nitrogens with zero attached hydrogens (tertiary/aromatic N) is 3. The molecule has 184 valence electrons. The monoisotopic (exact) mass is 519 g/mol. The van der Waals surface area contributed by atoms with Crippen LogP contribution in [0.25, 0.3) is 0 Å². The van der Waals surface area contributed by atoms with Crippen LogP contribution in [0.5, 0.6) is 5.75 Å². The summed E-state index contributed by atoms with van der Waals surface area (Å²) in [5.41, 5.74) is -0.376. The van der Waals surface area contributed by atoms with Crippen LogP contribution in [0.15, 0.2) is 48.5 Å². The molecule has 0 N–H and O–H groups in total. The van der Waals surface area contributed by atoms with Crippen LogP contribution >= 0.6 is 23.4 Å². The number of esters is 1. The number of hydrogen-bond acceptors (Lipinski definition) is 8. The van der Waals surface area contributed by atoms with Crippen LogP contribution in [0.3, 0.4) is 0 Å². The van der Waals surface area contributed by atoms with Gasteiger partial charge in [-0.15, -0.1) is 11.8 Å². The fourth-order valence-corrected chi connectivity index (χ4v) is 5.49. The summed E-state index contributed by atoms with van der Waals surface area (Å²) in [6.45, 7) is 3.15. The molecule has 0 spiro atoms. The molecule has 2 aromatic rings. The maximum atomic E-state index is 13.0.